The zero-order valence-electron chi connectivity index (χ0n) is 3.33. The van der Waals surface area contributed by atoms with Crippen LogP contribution in [0.1, 0.15) is 6.92 Å². The Labute approximate surface area is 34.5 Å². The van der Waals surface area contributed by atoms with Crippen LogP contribution in [0, 0.1) is 0 Å². The predicted molar refractivity (Wildman–Crippen MR) is 18.7 cm³/mol. The third kappa shape index (κ3) is 0.329. The zero-order chi connectivity index (χ0) is 4.78. The van der Waals surface area contributed by atoms with Crippen molar-refractivity contribution in [1.82, 2.24) is 0 Å². The summed E-state index contributed by atoms with van der Waals surface area (Å²) in [5.41, 5.74) is -1.67. The lowest BCUT2D eigenvalue weighted by atomic mass is 10.4. The first kappa shape index (κ1) is 3.78. The molecule has 0 nitrogen and oxygen atoms in total. The van der Waals surface area contributed by atoms with Gasteiger partial charge in [0.2, 0.25) is 0 Å². The Morgan fingerprint density at radius 1 is 1.83 bits per heavy atom. The summed E-state index contributed by atoms with van der Waals surface area (Å²) in [5.74, 6) is -0.637. The quantitative estimate of drug-likeness (QED) is 0.423. The van der Waals surface area contributed by atoms with E-state index < -0.39 is 11.5 Å². The Balaban J connectivity index is 2.53. The smallest absolute Gasteiger partial charge is 0.180 e. The molecule has 1 aliphatic rings. The minimum atomic E-state index is -1.67. The van der Waals surface area contributed by atoms with Crippen LogP contribution >= 0.6 is 0 Å². The zero-order valence-corrected chi connectivity index (χ0v) is 3.33. The Morgan fingerprint density at radius 2 is 2.00 bits per heavy atom. The average molecular weight is 90.1 g/mol. The third-order valence-corrected chi connectivity index (χ3v) is 0.781. The van der Waals surface area contributed by atoms with Crippen LogP contribution in [0.4, 0.5) is 8.78 Å². The van der Waals surface area contributed by atoms with E-state index in [-0.39, 0.29) is 0 Å². The van der Waals surface area contributed by atoms with E-state index in [0.717, 1.165) is 6.08 Å². The molecule has 0 aromatic carbocycles. The fourth-order valence-corrected chi connectivity index (χ4v) is 0.202. The van der Waals surface area contributed by atoms with Crippen LogP contribution in [-0.2, 0) is 0 Å². The molecule has 34 valence electrons. The number of allylic oxidation sites excluding steroid dienone is 2. The lowest BCUT2D eigenvalue weighted by Gasteiger charge is -1.86. The lowest BCUT2D eigenvalue weighted by Crippen LogP contribution is -1.91. The maximum absolute atomic E-state index is 11.7. The SMILES string of the molecule is CC1(F)C=C1F. The second kappa shape index (κ2) is 0.647. The van der Waals surface area contributed by atoms with E-state index in [0.29, 0.717) is 0 Å². The second-order valence-electron chi connectivity index (χ2n) is 1.57. The summed E-state index contributed by atoms with van der Waals surface area (Å²) in [5, 5.41) is 0. The van der Waals surface area contributed by atoms with Crippen molar-refractivity contribution in [2.75, 3.05) is 0 Å². The van der Waals surface area contributed by atoms with Crippen LogP contribution in [0.5, 0.6) is 0 Å². The molecular formula is C4H4F2. The molecule has 1 aliphatic carbocycles. The molecule has 0 heterocycles. The van der Waals surface area contributed by atoms with Gasteiger partial charge in [-0.05, 0) is 13.0 Å². The molecule has 0 radical (unpaired) electrons. The molecular weight excluding hydrogens is 86.0 g/mol. The monoisotopic (exact) mass is 90.0 g/mol. The van der Waals surface area contributed by atoms with Crippen LogP contribution in [0.25, 0.3) is 0 Å². The molecule has 0 saturated heterocycles. The van der Waals surface area contributed by atoms with E-state index in [1.165, 1.54) is 6.92 Å². The highest BCUT2D eigenvalue weighted by Gasteiger charge is 2.40. The standard InChI is InChI=1S/C4H4F2/c1-4(6)2-3(4)5/h2H,1H3. The molecule has 6 heavy (non-hydrogen) atoms. The molecule has 1 atom stereocenters. The second-order valence-corrected chi connectivity index (χ2v) is 1.57. The van der Waals surface area contributed by atoms with Gasteiger partial charge in [0.05, 0.1) is 0 Å². The van der Waals surface area contributed by atoms with E-state index >= 15 is 0 Å². The summed E-state index contributed by atoms with van der Waals surface area (Å²) < 4.78 is 23.1. The van der Waals surface area contributed by atoms with Gasteiger partial charge in [0.1, 0.15) is 5.83 Å². The van der Waals surface area contributed by atoms with Gasteiger partial charge in [0.25, 0.3) is 0 Å². The van der Waals surface area contributed by atoms with Crippen molar-refractivity contribution >= 4 is 0 Å². The number of hydrogen-bond acceptors (Lipinski definition) is 0. The number of halogens is 2. The van der Waals surface area contributed by atoms with Crippen LogP contribution in [0.15, 0.2) is 11.9 Å². The largest absolute Gasteiger partial charge is 0.232 e. The van der Waals surface area contributed by atoms with E-state index in [4.69, 9.17) is 0 Å². The molecule has 0 spiro atoms. The van der Waals surface area contributed by atoms with Crippen molar-refractivity contribution in [2.24, 2.45) is 0 Å². The normalized spacial score (nSPS) is 42.2. The van der Waals surface area contributed by atoms with Gasteiger partial charge in [-0.3, -0.25) is 0 Å². The van der Waals surface area contributed by atoms with Crippen molar-refractivity contribution < 1.29 is 8.78 Å². The Morgan fingerprint density at radius 3 is 2.00 bits per heavy atom. The van der Waals surface area contributed by atoms with Gasteiger partial charge >= 0.3 is 0 Å². The molecule has 0 aliphatic heterocycles. The maximum Gasteiger partial charge on any atom is 0.180 e. The number of alkyl halides is 1. The summed E-state index contributed by atoms with van der Waals surface area (Å²) in [4.78, 5) is 0. The van der Waals surface area contributed by atoms with Gasteiger partial charge < -0.3 is 0 Å². The van der Waals surface area contributed by atoms with Gasteiger partial charge in [-0.2, -0.15) is 0 Å². The fourth-order valence-electron chi connectivity index (χ4n) is 0.202. The molecule has 0 saturated carbocycles. The third-order valence-electron chi connectivity index (χ3n) is 0.781. The van der Waals surface area contributed by atoms with Gasteiger partial charge in [-0.1, -0.05) is 0 Å². The van der Waals surface area contributed by atoms with Gasteiger partial charge in [0, 0.05) is 0 Å². The molecule has 0 N–H and O–H groups in total. The highest BCUT2D eigenvalue weighted by Crippen LogP contribution is 2.38. The first-order valence-corrected chi connectivity index (χ1v) is 1.71. The van der Waals surface area contributed by atoms with Crippen LogP contribution < -0.4 is 0 Å². The van der Waals surface area contributed by atoms with Gasteiger partial charge in [-0.15, -0.1) is 0 Å². The van der Waals surface area contributed by atoms with Crippen molar-refractivity contribution in [3.8, 4) is 0 Å². The predicted octanol–water partition coefficient (Wildman–Crippen LogP) is 1.58. The summed E-state index contributed by atoms with van der Waals surface area (Å²) in [6.45, 7) is 1.18. The summed E-state index contributed by atoms with van der Waals surface area (Å²) in [7, 11) is 0. The molecule has 1 unspecified atom stereocenters. The minimum Gasteiger partial charge on any atom is -0.232 e. The maximum atomic E-state index is 11.7. The summed E-state index contributed by atoms with van der Waals surface area (Å²) in [6, 6.07) is 0. The van der Waals surface area contributed by atoms with E-state index in [2.05, 4.69) is 0 Å². The van der Waals surface area contributed by atoms with E-state index in [9.17, 15) is 8.78 Å². The number of rotatable bonds is 0. The lowest BCUT2D eigenvalue weighted by molar-refractivity contribution is 0.329. The van der Waals surface area contributed by atoms with Crippen molar-refractivity contribution in [3.63, 3.8) is 0 Å². The summed E-state index contributed by atoms with van der Waals surface area (Å²) in [6.07, 6.45) is 0.938. The molecule has 0 fully saturated rings. The molecule has 0 aromatic rings. The summed E-state index contributed by atoms with van der Waals surface area (Å²) >= 11 is 0. The molecule has 0 amide bonds. The highest BCUT2D eigenvalue weighted by molar-refractivity contribution is 5.34. The van der Waals surface area contributed by atoms with Crippen LogP contribution in [-0.4, -0.2) is 5.67 Å². The van der Waals surface area contributed by atoms with E-state index in [1.54, 1.807) is 0 Å². The highest BCUT2D eigenvalue weighted by atomic mass is 19.2. The van der Waals surface area contributed by atoms with Gasteiger partial charge in [0.15, 0.2) is 5.67 Å². The van der Waals surface area contributed by atoms with Crippen LogP contribution in [0.2, 0.25) is 0 Å². The van der Waals surface area contributed by atoms with Crippen molar-refractivity contribution in [2.45, 2.75) is 12.6 Å². The Hall–Kier alpha value is -0.400. The average Bonchev–Trinajstić information content (AvgIpc) is 1.73. The van der Waals surface area contributed by atoms with E-state index in [1.807, 2.05) is 0 Å². The fraction of sp³-hybridized carbons (Fsp3) is 0.500. The van der Waals surface area contributed by atoms with Crippen LogP contribution in [0.3, 0.4) is 0 Å². The van der Waals surface area contributed by atoms with Crippen molar-refractivity contribution in [1.29, 1.82) is 0 Å². The Kier molecular flexibility index (Phi) is 0.407. The molecule has 0 bridgehead atoms. The first-order valence-electron chi connectivity index (χ1n) is 1.71. The topological polar surface area (TPSA) is 0 Å². The Bertz CT molecular complexity index is 102. The molecule has 0 aromatic heterocycles. The molecule has 2 heteroatoms. The number of hydrogen-bond donors (Lipinski definition) is 0. The van der Waals surface area contributed by atoms with Crippen molar-refractivity contribution in [3.05, 3.63) is 11.9 Å². The molecule has 1 rings (SSSR count). The van der Waals surface area contributed by atoms with Gasteiger partial charge in [-0.25, -0.2) is 8.78 Å². The minimum absolute atomic E-state index is 0.637. The first-order chi connectivity index (χ1) is 2.63.